The third kappa shape index (κ3) is 6.58. The third-order valence-electron chi connectivity index (χ3n) is 7.19. The minimum Gasteiger partial charge on any atom is -0.494 e. The number of ether oxygens (including phenoxy) is 1. The minimum atomic E-state index is -4.50. The van der Waals surface area contributed by atoms with E-state index in [1.807, 2.05) is 26.0 Å². The highest BCUT2D eigenvalue weighted by molar-refractivity contribution is 6.32. The second kappa shape index (κ2) is 12.3. The van der Waals surface area contributed by atoms with Crippen LogP contribution in [0.2, 0.25) is 5.02 Å². The first-order chi connectivity index (χ1) is 20.9. The number of hydrogen-bond acceptors (Lipinski definition) is 8. The Morgan fingerprint density at radius 3 is 2.55 bits per heavy atom. The lowest BCUT2D eigenvalue weighted by Gasteiger charge is -2.26. The van der Waals surface area contributed by atoms with E-state index < -0.39 is 11.7 Å². The third-order valence-corrected chi connectivity index (χ3v) is 7.46. The molecule has 2 heterocycles. The molecule has 2 aromatic carbocycles. The molecule has 0 spiro atoms. The van der Waals surface area contributed by atoms with Gasteiger partial charge < -0.3 is 25.2 Å². The van der Waals surface area contributed by atoms with Crippen LogP contribution in [-0.4, -0.2) is 71.7 Å². The average molecular weight is 629 g/mol. The van der Waals surface area contributed by atoms with Crippen LogP contribution in [0.5, 0.6) is 5.75 Å². The van der Waals surface area contributed by atoms with Crippen molar-refractivity contribution in [3.63, 3.8) is 0 Å². The van der Waals surface area contributed by atoms with Crippen LogP contribution >= 0.6 is 11.6 Å². The van der Waals surface area contributed by atoms with Crippen molar-refractivity contribution >= 4 is 51.6 Å². The molecule has 14 heteroatoms. The van der Waals surface area contributed by atoms with Crippen LogP contribution in [0.1, 0.15) is 30.1 Å². The number of imidazole rings is 1. The zero-order valence-corrected chi connectivity index (χ0v) is 25.4. The Kier molecular flexibility index (Phi) is 8.71. The number of carbonyl (C=O) groups is 1. The molecular formula is C30H32ClF3N8O2. The fourth-order valence-corrected chi connectivity index (χ4v) is 4.89. The van der Waals surface area contributed by atoms with Gasteiger partial charge in [-0.15, -0.1) is 0 Å². The van der Waals surface area contributed by atoms with Crippen molar-refractivity contribution in [1.82, 2.24) is 24.4 Å². The van der Waals surface area contributed by atoms with E-state index in [0.29, 0.717) is 35.0 Å². The number of alkyl halides is 3. The van der Waals surface area contributed by atoms with Crippen LogP contribution in [0.25, 0.3) is 16.9 Å². The van der Waals surface area contributed by atoms with E-state index in [1.54, 1.807) is 16.7 Å². The molecular weight excluding hydrogens is 597 g/mol. The quantitative estimate of drug-likeness (QED) is 0.188. The van der Waals surface area contributed by atoms with Crippen LogP contribution in [0.3, 0.4) is 0 Å². The van der Waals surface area contributed by atoms with Gasteiger partial charge in [-0.25, -0.2) is 9.97 Å². The van der Waals surface area contributed by atoms with Gasteiger partial charge in [0.2, 0.25) is 11.9 Å². The number of fused-ring (bicyclic) bond motifs is 1. The molecule has 1 amide bonds. The summed E-state index contributed by atoms with van der Waals surface area (Å²) < 4.78 is 47.7. The number of anilines is 4. The molecule has 2 aromatic heterocycles. The fourth-order valence-electron chi connectivity index (χ4n) is 4.71. The highest BCUT2D eigenvalue weighted by Crippen LogP contribution is 2.43. The first-order valence-corrected chi connectivity index (χ1v) is 14.2. The molecule has 0 unspecified atom stereocenters. The van der Waals surface area contributed by atoms with E-state index in [2.05, 4.69) is 37.1 Å². The van der Waals surface area contributed by atoms with Crippen molar-refractivity contribution in [2.75, 3.05) is 56.9 Å². The van der Waals surface area contributed by atoms with Gasteiger partial charge in [0, 0.05) is 32.1 Å². The molecule has 1 saturated carbocycles. The predicted octanol–water partition coefficient (Wildman–Crippen LogP) is 6.24. The Morgan fingerprint density at radius 1 is 1.16 bits per heavy atom. The molecule has 10 nitrogen and oxygen atoms in total. The summed E-state index contributed by atoms with van der Waals surface area (Å²) >= 11 is 6.58. The predicted molar refractivity (Wildman–Crippen MR) is 166 cm³/mol. The van der Waals surface area contributed by atoms with E-state index in [9.17, 15) is 18.0 Å². The van der Waals surface area contributed by atoms with E-state index in [1.165, 1.54) is 25.4 Å². The molecule has 44 heavy (non-hydrogen) atoms. The topological polar surface area (TPSA) is 100 Å². The second-order valence-electron chi connectivity index (χ2n) is 10.8. The molecule has 232 valence electrons. The molecule has 4 aromatic rings. The van der Waals surface area contributed by atoms with E-state index in [4.69, 9.17) is 16.3 Å². The van der Waals surface area contributed by atoms with Gasteiger partial charge in [0.25, 0.3) is 0 Å². The SMILES string of the molecule is C=CC(=O)Nc1cc(Nc2ncc(Cl)c(-n3c(C4CC4)nc4cc(C(F)(F)F)ccc43)n2)c(OC)cc1N(C)CCN(C)C. The van der Waals surface area contributed by atoms with Crippen molar-refractivity contribution in [2.24, 2.45) is 0 Å². The molecule has 1 aliphatic rings. The van der Waals surface area contributed by atoms with Gasteiger partial charge in [-0.2, -0.15) is 18.2 Å². The first-order valence-electron chi connectivity index (χ1n) is 13.8. The maximum Gasteiger partial charge on any atom is 0.416 e. The number of halogens is 4. The van der Waals surface area contributed by atoms with Gasteiger partial charge in [-0.1, -0.05) is 18.2 Å². The van der Waals surface area contributed by atoms with E-state index in [0.717, 1.165) is 37.2 Å². The molecule has 0 aliphatic heterocycles. The van der Waals surface area contributed by atoms with Crippen molar-refractivity contribution in [2.45, 2.75) is 24.9 Å². The van der Waals surface area contributed by atoms with Gasteiger partial charge in [-0.3, -0.25) is 9.36 Å². The minimum absolute atomic E-state index is 0.0762. The average Bonchev–Trinajstić information content (AvgIpc) is 3.76. The summed E-state index contributed by atoms with van der Waals surface area (Å²) in [6.45, 7) is 5.00. The molecule has 0 saturated heterocycles. The highest BCUT2D eigenvalue weighted by atomic mass is 35.5. The summed E-state index contributed by atoms with van der Waals surface area (Å²) in [6, 6.07) is 6.94. The van der Waals surface area contributed by atoms with Crippen LogP contribution in [-0.2, 0) is 11.0 Å². The van der Waals surface area contributed by atoms with Gasteiger partial charge >= 0.3 is 6.18 Å². The van der Waals surface area contributed by atoms with Gasteiger partial charge in [-0.05, 0) is 57.3 Å². The number of carbonyl (C=O) groups excluding carboxylic acids is 1. The molecule has 0 bridgehead atoms. The Morgan fingerprint density at radius 2 is 1.91 bits per heavy atom. The fraction of sp³-hybridized carbons (Fsp3) is 0.333. The molecule has 5 rings (SSSR count). The molecule has 1 aliphatic carbocycles. The van der Waals surface area contributed by atoms with Crippen molar-refractivity contribution in [3.05, 3.63) is 65.6 Å². The Labute approximate surface area is 257 Å². The molecule has 0 atom stereocenters. The lowest BCUT2D eigenvalue weighted by Crippen LogP contribution is -2.29. The monoisotopic (exact) mass is 628 g/mol. The molecule has 0 radical (unpaired) electrons. The molecule has 1 fully saturated rings. The lowest BCUT2D eigenvalue weighted by molar-refractivity contribution is -0.137. The summed E-state index contributed by atoms with van der Waals surface area (Å²) in [7, 11) is 7.38. The number of nitrogens with one attached hydrogen (secondary N) is 2. The number of amides is 1. The second-order valence-corrected chi connectivity index (χ2v) is 11.2. The largest absolute Gasteiger partial charge is 0.494 e. The number of methoxy groups -OCH3 is 1. The number of nitrogens with zero attached hydrogens (tertiary/aromatic N) is 6. The van der Waals surface area contributed by atoms with Gasteiger partial charge in [0.1, 0.15) is 16.6 Å². The Hall–Kier alpha value is -4.36. The summed E-state index contributed by atoms with van der Waals surface area (Å²) in [6.07, 6.45) is -0.194. The number of hydrogen-bond donors (Lipinski definition) is 2. The van der Waals surface area contributed by atoms with Crippen LogP contribution in [0.4, 0.5) is 36.2 Å². The Bertz CT molecular complexity index is 1720. The normalized spacial score (nSPS) is 13.3. The van der Waals surface area contributed by atoms with Crippen molar-refractivity contribution in [3.8, 4) is 11.6 Å². The van der Waals surface area contributed by atoms with Crippen LogP contribution in [0, 0.1) is 0 Å². The standard InChI is InChI=1S/C30H32ClF3N8O2/c1-6-26(43)36-21-14-22(25(44-5)15-24(21)41(4)12-11-40(2)3)38-29-35-16-19(31)28(39-29)42-23-10-9-18(30(32,33)34)13-20(23)37-27(42)17-7-8-17/h6,9-10,13-17H,1,7-8,11-12H2,2-5H3,(H,36,43)(H,35,38,39). The summed E-state index contributed by atoms with van der Waals surface area (Å²) in [5, 5.41) is 6.19. The van der Waals surface area contributed by atoms with Crippen molar-refractivity contribution < 1.29 is 22.7 Å². The first kappa shape index (κ1) is 31.1. The zero-order valence-electron chi connectivity index (χ0n) is 24.7. The summed E-state index contributed by atoms with van der Waals surface area (Å²) in [4.78, 5) is 29.9. The summed E-state index contributed by atoms with van der Waals surface area (Å²) in [5.41, 5.74) is 1.55. The number of rotatable bonds is 11. The smallest absolute Gasteiger partial charge is 0.416 e. The van der Waals surface area contributed by atoms with Gasteiger partial charge in [0.15, 0.2) is 5.82 Å². The summed E-state index contributed by atoms with van der Waals surface area (Å²) in [5.74, 6) is 1.15. The zero-order chi connectivity index (χ0) is 31.8. The van der Waals surface area contributed by atoms with E-state index >= 15 is 0 Å². The molecule has 2 N–H and O–H groups in total. The van der Waals surface area contributed by atoms with Crippen LogP contribution in [0.15, 0.2) is 49.2 Å². The maximum atomic E-state index is 13.4. The maximum absolute atomic E-state index is 13.4. The van der Waals surface area contributed by atoms with Gasteiger partial charge in [0.05, 0.1) is 47.0 Å². The number of likely N-dealkylation sites (N-methyl/N-ethyl adjacent to an activating group) is 2. The Balaban J connectivity index is 1.56. The van der Waals surface area contributed by atoms with E-state index in [-0.39, 0.29) is 34.1 Å². The van der Waals surface area contributed by atoms with Crippen LogP contribution < -0.4 is 20.3 Å². The highest BCUT2D eigenvalue weighted by Gasteiger charge is 2.34. The number of aromatic nitrogens is 4. The lowest BCUT2D eigenvalue weighted by atomic mass is 10.2. The van der Waals surface area contributed by atoms with Crippen molar-refractivity contribution in [1.29, 1.82) is 0 Å². The number of benzene rings is 2.